The zero-order chi connectivity index (χ0) is 14.7. The molecule has 5 nitrogen and oxygen atoms in total. The van der Waals surface area contributed by atoms with Crippen LogP contribution in [0.5, 0.6) is 17.2 Å². The van der Waals surface area contributed by atoms with E-state index in [-0.39, 0.29) is 6.79 Å². The van der Waals surface area contributed by atoms with Gasteiger partial charge in [0.2, 0.25) is 6.79 Å². The Morgan fingerprint density at radius 3 is 2.57 bits per heavy atom. The van der Waals surface area contributed by atoms with Crippen molar-refractivity contribution >= 4 is 11.9 Å². The lowest BCUT2D eigenvalue weighted by Gasteiger charge is -2.06. The number of methoxy groups -OCH3 is 1. The topological polar surface area (TPSA) is 63.8 Å². The molecule has 0 amide bonds. The maximum absolute atomic E-state index is 8.76. The van der Waals surface area contributed by atoms with E-state index < -0.39 is 0 Å². The molecule has 2 aromatic carbocycles. The average Bonchev–Trinajstić information content (AvgIpc) is 2.99. The van der Waals surface area contributed by atoms with Crippen molar-refractivity contribution in [3.63, 3.8) is 0 Å². The Hall–Kier alpha value is -3.00. The van der Waals surface area contributed by atoms with Gasteiger partial charge < -0.3 is 14.2 Å². The monoisotopic (exact) mass is 280 g/mol. The second-order valence-electron chi connectivity index (χ2n) is 4.36. The van der Waals surface area contributed by atoms with Crippen LogP contribution in [-0.4, -0.2) is 20.1 Å². The first-order chi connectivity index (χ1) is 10.3. The van der Waals surface area contributed by atoms with E-state index in [9.17, 15) is 0 Å². The minimum atomic E-state index is 0.217. The van der Waals surface area contributed by atoms with E-state index in [2.05, 4.69) is 11.1 Å². The molecule has 0 aliphatic carbocycles. The summed E-state index contributed by atoms with van der Waals surface area (Å²) in [7, 11) is 1.59. The van der Waals surface area contributed by atoms with Gasteiger partial charge >= 0.3 is 0 Å². The molecule has 0 atom stereocenters. The molecule has 2 aromatic rings. The van der Waals surface area contributed by atoms with Gasteiger partial charge in [-0.25, -0.2) is 0 Å². The molecule has 0 spiro atoms. The SMILES string of the molecule is COc1cc2c(cc1C=Nc1ccc(C#N)cc1)OCO2. The Bertz CT molecular complexity index is 730. The highest BCUT2D eigenvalue weighted by Gasteiger charge is 2.16. The van der Waals surface area contributed by atoms with Crippen molar-refractivity contribution in [3.8, 4) is 23.3 Å². The largest absolute Gasteiger partial charge is 0.496 e. The Kier molecular flexibility index (Phi) is 3.44. The van der Waals surface area contributed by atoms with Gasteiger partial charge in [0.15, 0.2) is 11.5 Å². The number of benzene rings is 2. The van der Waals surface area contributed by atoms with Crippen molar-refractivity contribution in [2.24, 2.45) is 4.99 Å². The van der Waals surface area contributed by atoms with Gasteiger partial charge in [0, 0.05) is 17.8 Å². The quantitative estimate of drug-likeness (QED) is 0.811. The molecule has 0 saturated heterocycles. The van der Waals surface area contributed by atoms with E-state index in [0.29, 0.717) is 22.8 Å². The minimum absolute atomic E-state index is 0.217. The van der Waals surface area contributed by atoms with Crippen molar-refractivity contribution in [1.29, 1.82) is 5.26 Å². The molecule has 104 valence electrons. The number of nitrogens with zero attached hydrogens (tertiary/aromatic N) is 2. The molecule has 1 heterocycles. The first-order valence-electron chi connectivity index (χ1n) is 6.32. The lowest BCUT2D eigenvalue weighted by atomic mass is 10.2. The lowest BCUT2D eigenvalue weighted by molar-refractivity contribution is 0.174. The molecule has 5 heteroatoms. The molecule has 0 bridgehead atoms. The van der Waals surface area contributed by atoms with Crippen molar-refractivity contribution in [2.45, 2.75) is 0 Å². The summed E-state index contributed by atoms with van der Waals surface area (Å²) in [5, 5.41) is 8.76. The normalized spacial score (nSPS) is 12.4. The van der Waals surface area contributed by atoms with Crippen molar-refractivity contribution < 1.29 is 14.2 Å². The zero-order valence-corrected chi connectivity index (χ0v) is 11.4. The van der Waals surface area contributed by atoms with Crippen LogP contribution in [0.1, 0.15) is 11.1 Å². The highest BCUT2D eigenvalue weighted by atomic mass is 16.7. The van der Waals surface area contributed by atoms with E-state index in [1.165, 1.54) is 0 Å². The molecule has 0 saturated carbocycles. The van der Waals surface area contributed by atoms with Crippen LogP contribution in [0.25, 0.3) is 0 Å². The standard InChI is InChI=1S/C16H12N2O3/c1-19-14-7-16-15(20-10-21-16)6-12(14)9-18-13-4-2-11(8-17)3-5-13/h2-7,9H,10H2,1H3. The van der Waals surface area contributed by atoms with Crippen LogP contribution in [-0.2, 0) is 0 Å². The summed E-state index contributed by atoms with van der Waals surface area (Å²) in [6.45, 7) is 0.217. The van der Waals surface area contributed by atoms with E-state index in [0.717, 1.165) is 11.3 Å². The van der Waals surface area contributed by atoms with Gasteiger partial charge in [0.05, 0.1) is 24.4 Å². The maximum atomic E-state index is 8.76. The number of nitriles is 1. The number of ether oxygens (including phenoxy) is 3. The number of rotatable bonds is 3. The Morgan fingerprint density at radius 1 is 1.19 bits per heavy atom. The zero-order valence-electron chi connectivity index (χ0n) is 11.4. The van der Waals surface area contributed by atoms with Crippen LogP contribution in [0.15, 0.2) is 41.4 Å². The number of hydrogen-bond acceptors (Lipinski definition) is 5. The van der Waals surface area contributed by atoms with Crippen molar-refractivity contribution in [2.75, 3.05) is 13.9 Å². The van der Waals surface area contributed by atoms with Crippen LogP contribution in [0.4, 0.5) is 5.69 Å². The van der Waals surface area contributed by atoms with Crippen LogP contribution in [0.3, 0.4) is 0 Å². The molecule has 0 unspecified atom stereocenters. The van der Waals surface area contributed by atoms with Crippen LogP contribution in [0.2, 0.25) is 0 Å². The smallest absolute Gasteiger partial charge is 0.231 e. The highest BCUT2D eigenvalue weighted by Crippen LogP contribution is 2.37. The van der Waals surface area contributed by atoms with Crippen LogP contribution in [0, 0.1) is 11.3 Å². The molecule has 0 radical (unpaired) electrons. The molecule has 21 heavy (non-hydrogen) atoms. The average molecular weight is 280 g/mol. The lowest BCUT2D eigenvalue weighted by Crippen LogP contribution is -1.92. The number of aliphatic imine (C=N–C) groups is 1. The second-order valence-corrected chi connectivity index (χ2v) is 4.36. The Morgan fingerprint density at radius 2 is 1.90 bits per heavy atom. The molecule has 3 rings (SSSR count). The fraction of sp³-hybridized carbons (Fsp3) is 0.125. The van der Waals surface area contributed by atoms with Gasteiger partial charge in [-0.3, -0.25) is 4.99 Å². The van der Waals surface area contributed by atoms with Gasteiger partial charge in [-0.1, -0.05) is 0 Å². The molecular weight excluding hydrogens is 268 g/mol. The van der Waals surface area contributed by atoms with Gasteiger partial charge in [-0.05, 0) is 30.3 Å². The number of fused-ring (bicyclic) bond motifs is 1. The van der Waals surface area contributed by atoms with Gasteiger partial charge in [-0.15, -0.1) is 0 Å². The Balaban J connectivity index is 1.89. The molecule has 0 N–H and O–H groups in total. The summed E-state index contributed by atoms with van der Waals surface area (Å²) in [5.41, 5.74) is 2.16. The first-order valence-corrected chi connectivity index (χ1v) is 6.32. The fourth-order valence-electron chi connectivity index (χ4n) is 1.98. The van der Waals surface area contributed by atoms with E-state index >= 15 is 0 Å². The summed E-state index contributed by atoms with van der Waals surface area (Å²) >= 11 is 0. The van der Waals surface area contributed by atoms with Gasteiger partial charge in [0.25, 0.3) is 0 Å². The molecule has 1 aliphatic heterocycles. The predicted octanol–water partition coefficient (Wildman–Crippen LogP) is 3.05. The minimum Gasteiger partial charge on any atom is -0.496 e. The predicted molar refractivity (Wildman–Crippen MR) is 77.5 cm³/mol. The summed E-state index contributed by atoms with van der Waals surface area (Å²) < 4.78 is 16.0. The summed E-state index contributed by atoms with van der Waals surface area (Å²) in [4.78, 5) is 4.38. The molecule has 1 aliphatic rings. The summed E-state index contributed by atoms with van der Waals surface area (Å²) in [6.07, 6.45) is 1.70. The van der Waals surface area contributed by atoms with E-state index in [4.69, 9.17) is 19.5 Å². The van der Waals surface area contributed by atoms with E-state index in [1.807, 2.05) is 6.07 Å². The third kappa shape index (κ3) is 2.65. The van der Waals surface area contributed by atoms with Crippen LogP contribution < -0.4 is 14.2 Å². The second kappa shape index (κ2) is 5.55. The fourth-order valence-corrected chi connectivity index (χ4v) is 1.98. The van der Waals surface area contributed by atoms with Crippen molar-refractivity contribution in [1.82, 2.24) is 0 Å². The Labute approximate surface area is 122 Å². The van der Waals surface area contributed by atoms with Crippen LogP contribution >= 0.6 is 0 Å². The third-order valence-corrected chi connectivity index (χ3v) is 3.07. The third-order valence-electron chi connectivity index (χ3n) is 3.07. The van der Waals surface area contributed by atoms with E-state index in [1.54, 1.807) is 43.7 Å². The molecular formula is C16H12N2O3. The molecule has 0 aromatic heterocycles. The first kappa shape index (κ1) is 13.0. The highest BCUT2D eigenvalue weighted by molar-refractivity contribution is 5.87. The number of hydrogen-bond donors (Lipinski definition) is 0. The van der Waals surface area contributed by atoms with Crippen molar-refractivity contribution in [3.05, 3.63) is 47.5 Å². The molecule has 0 fully saturated rings. The maximum Gasteiger partial charge on any atom is 0.231 e. The summed E-state index contributed by atoms with van der Waals surface area (Å²) in [6, 6.07) is 12.7. The van der Waals surface area contributed by atoms with Gasteiger partial charge in [0.1, 0.15) is 5.75 Å². The summed E-state index contributed by atoms with van der Waals surface area (Å²) in [5.74, 6) is 2.01. The van der Waals surface area contributed by atoms with Gasteiger partial charge in [-0.2, -0.15) is 5.26 Å².